The van der Waals surface area contributed by atoms with Crippen LogP contribution in [0.3, 0.4) is 0 Å². The summed E-state index contributed by atoms with van der Waals surface area (Å²) < 4.78 is 71.6. The van der Waals surface area contributed by atoms with Crippen molar-refractivity contribution in [1.82, 2.24) is 0 Å². The zero-order chi connectivity index (χ0) is 24.3. The SMILES string of the molecule is CCCCCCCCCCCCc1ccccc1Oc1cccc(S(=O)(=O)O)c1S(=O)(=O)O.[NaH]. The molecule has 0 unspecified atom stereocenters. The fourth-order valence-electron chi connectivity index (χ4n) is 3.76. The van der Waals surface area contributed by atoms with Gasteiger partial charge >= 0.3 is 29.6 Å². The van der Waals surface area contributed by atoms with Crippen LogP contribution in [0, 0.1) is 0 Å². The van der Waals surface area contributed by atoms with Crippen LogP contribution in [-0.2, 0) is 26.7 Å². The summed E-state index contributed by atoms with van der Waals surface area (Å²) in [6.07, 6.45) is 12.8. The molecule has 0 amide bonds. The number of unbranched alkanes of at least 4 members (excludes halogenated alkanes) is 9. The molecule has 0 radical (unpaired) electrons. The molecule has 0 saturated heterocycles. The summed E-state index contributed by atoms with van der Waals surface area (Å²) >= 11 is 0. The third-order valence-electron chi connectivity index (χ3n) is 5.47. The summed E-state index contributed by atoms with van der Waals surface area (Å²) in [7, 11) is -9.87. The Bertz CT molecular complexity index is 1100. The Kier molecular flexibility index (Phi) is 13.9. The molecule has 10 heteroatoms. The van der Waals surface area contributed by atoms with Crippen LogP contribution in [0.25, 0.3) is 0 Å². The number of hydrogen-bond donors (Lipinski definition) is 2. The van der Waals surface area contributed by atoms with Crippen molar-refractivity contribution < 1.29 is 30.7 Å². The molecule has 0 atom stereocenters. The van der Waals surface area contributed by atoms with Gasteiger partial charge in [0.25, 0.3) is 20.2 Å². The van der Waals surface area contributed by atoms with Gasteiger partial charge < -0.3 is 4.74 Å². The molecule has 0 heterocycles. The molecule has 7 nitrogen and oxygen atoms in total. The zero-order valence-electron chi connectivity index (χ0n) is 19.1. The van der Waals surface area contributed by atoms with Crippen molar-refractivity contribution in [1.29, 1.82) is 0 Å². The van der Waals surface area contributed by atoms with Gasteiger partial charge in [-0.1, -0.05) is 89.0 Å². The normalized spacial score (nSPS) is 11.7. The molecule has 2 rings (SSSR count). The Labute approximate surface area is 226 Å². The maximum absolute atomic E-state index is 11.9. The van der Waals surface area contributed by atoms with Gasteiger partial charge in [-0.3, -0.25) is 9.11 Å². The van der Waals surface area contributed by atoms with E-state index in [0.717, 1.165) is 30.9 Å². The molecule has 0 aliphatic carbocycles. The Morgan fingerprint density at radius 2 is 1.21 bits per heavy atom. The van der Waals surface area contributed by atoms with Gasteiger partial charge in [-0.05, 0) is 36.6 Å². The summed E-state index contributed by atoms with van der Waals surface area (Å²) in [4.78, 5) is -1.92. The first kappa shape index (κ1) is 31.1. The molecule has 0 aromatic heterocycles. The van der Waals surface area contributed by atoms with E-state index in [1.807, 2.05) is 12.1 Å². The van der Waals surface area contributed by atoms with E-state index in [-0.39, 0.29) is 35.3 Å². The predicted molar refractivity (Wildman–Crippen MR) is 135 cm³/mol. The summed E-state index contributed by atoms with van der Waals surface area (Å²) in [5.74, 6) is -0.00559. The molecular formula is C24H35NaO7S2. The second-order valence-electron chi connectivity index (χ2n) is 8.18. The minimum atomic E-state index is -4.98. The van der Waals surface area contributed by atoms with Gasteiger partial charge in [0.1, 0.15) is 16.4 Å². The summed E-state index contributed by atoms with van der Waals surface area (Å²) in [5.41, 5.74) is 0.843. The van der Waals surface area contributed by atoms with Crippen LogP contribution in [0.1, 0.15) is 76.7 Å². The first-order chi connectivity index (χ1) is 15.6. The summed E-state index contributed by atoms with van der Waals surface area (Å²) in [5, 5.41) is 0. The number of para-hydroxylation sites is 1. The molecule has 0 saturated carbocycles. The molecule has 0 fully saturated rings. The van der Waals surface area contributed by atoms with E-state index in [1.165, 1.54) is 57.1 Å². The van der Waals surface area contributed by atoms with Gasteiger partial charge in [0, 0.05) is 0 Å². The van der Waals surface area contributed by atoms with Crippen molar-refractivity contribution in [2.45, 2.75) is 87.3 Å². The van der Waals surface area contributed by atoms with Crippen LogP contribution in [-0.4, -0.2) is 55.5 Å². The standard InChI is InChI=1S/C24H34O7S2.Na.H/c1-2-3-4-5-6-7-8-9-10-11-15-20-16-12-13-17-21(20)31-22-18-14-19-23(32(25,26)27)24(22)33(28,29)30;;/h12-14,16-19H,2-11,15H2,1H3,(H,25,26,27)(H,28,29,30);;. The van der Waals surface area contributed by atoms with Crippen molar-refractivity contribution in [3.05, 3.63) is 48.0 Å². The molecule has 2 aromatic rings. The molecular weight excluding hydrogens is 487 g/mol. The van der Waals surface area contributed by atoms with E-state index in [2.05, 4.69) is 6.92 Å². The van der Waals surface area contributed by atoms with Crippen LogP contribution >= 0.6 is 0 Å². The second kappa shape index (κ2) is 15.2. The average molecular weight is 523 g/mol. The molecule has 2 aromatic carbocycles. The first-order valence-electron chi connectivity index (χ1n) is 11.5. The van der Waals surface area contributed by atoms with Crippen molar-refractivity contribution in [3.8, 4) is 11.5 Å². The number of aryl methyl sites for hydroxylation is 1. The monoisotopic (exact) mass is 522 g/mol. The maximum atomic E-state index is 11.9. The van der Waals surface area contributed by atoms with E-state index < -0.39 is 30.0 Å². The molecule has 0 bridgehead atoms. The van der Waals surface area contributed by atoms with Crippen LogP contribution in [0.5, 0.6) is 11.5 Å². The number of rotatable bonds is 15. The minimum absolute atomic E-state index is 0. The average Bonchev–Trinajstić information content (AvgIpc) is 2.74. The quantitative estimate of drug-likeness (QED) is 0.173. The van der Waals surface area contributed by atoms with Gasteiger partial charge in [-0.15, -0.1) is 0 Å². The summed E-state index contributed by atoms with van der Waals surface area (Å²) in [6, 6.07) is 10.4. The van der Waals surface area contributed by atoms with Crippen molar-refractivity contribution in [2.24, 2.45) is 0 Å². The Balaban J connectivity index is 0.00000578. The van der Waals surface area contributed by atoms with Gasteiger partial charge in [0.15, 0.2) is 4.90 Å². The van der Waals surface area contributed by atoms with Crippen LogP contribution in [0.2, 0.25) is 0 Å². The van der Waals surface area contributed by atoms with Crippen LogP contribution in [0.4, 0.5) is 0 Å². The van der Waals surface area contributed by atoms with E-state index in [9.17, 15) is 25.9 Å². The molecule has 34 heavy (non-hydrogen) atoms. The van der Waals surface area contributed by atoms with E-state index in [1.54, 1.807) is 12.1 Å². The number of ether oxygens (including phenoxy) is 1. The third-order valence-corrected chi connectivity index (χ3v) is 7.43. The topological polar surface area (TPSA) is 118 Å². The number of benzene rings is 2. The molecule has 2 N–H and O–H groups in total. The van der Waals surface area contributed by atoms with Crippen molar-refractivity contribution in [3.63, 3.8) is 0 Å². The van der Waals surface area contributed by atoms with Crippen molar-refractivity contribution in [2.75, 3.05) is 0 Å². The van der Waals surface area contributed by atoms with Gasteiger partial charge in [-0.2, -0.15) is 16.8 Å². The van der Waals surface area contributed by atoms with Gasteiger partial charge in [-0.25, -0.2) is 0 Å². The van der Waals surface area contributed by atoms with Crippen molar-refractivity contribution >= 4 is 49.8 Å². The predicted octanol–water partition coefficient (Wildman–Crippen LogP) is 5.79. The second-order valence-corrected chi connectivity index (χ2v) is 10.9. The van der Waals surface area contributed by atoms with Crippen LogP contribution < -0.4 is 4.74 Å². The molecule has 0 aliphatic rings. The number of hydrogen-bond acceptors (Lipinski definition) is 5. The van der Waals surface area contributed by atoms with E-state index in [4.69, 9.17) is 4.74 Å². The summed E-state index contributed by atoms with van der Waals surface area (Å²) in [6.45, 7) is 2.22. The van der Waals surface area contributed by atoms with E-state index >= 15 is 0 Å². The first-order valence-corrected chi connectivity index (χ1v) is 14.4. The molecule has 186 valence electrons. The Morgan fingerprint density at radius 3 is 1.76 bits per heavy atom. The fourth-order valence-corrected chi connectivity index (χ4v) is 5.67. The molecule has 0 aliphatic heterocycles. The molecule has 0 spiro atoms. The van der Waals surface area contributed by atoms with Crippen LogP contribution in [0.15, 0.2) is 52.3 Å². The third kappa shape index (κ3) is 10.4. The van der Waals surface area contributed by atoms with Gasteiger partial charge in [0.2, 0.25) is 0 Å². The Morgan fingerprint density at radius 1 is 0.676 bits per heavy atom. The zero-order valence-corrected chi connectivity index (χ0v) is 20.7. The van der Waals surface area contributed by atoms with E-state index in [0.29, 0.717) is 12.2 Å². The fraction of sp³-hybridized carbons (Fsp3) is 0.500. The Hall–Kier alpha value is -0.940. The van der Waals surface area contributed by atoms with Gasteiger partial charge in [0.05, 0.1) is 0 Å².